The molecule has 3 aromatic rings. The van der Waals surface area contributed by atoms with Crippen LogP contribution in [0.1, 0.15) is 21.7 Å². The zero-order valence-corrected chi connectivity index (χ0v) is 11.6. The molecule has 5 heteroatoms. The number of hydrogen-bond acceptors (Lipinski definition) is 3. The molecule has 0 aliphatic heterocycles. The molecule has 1 heterocycles. The monoisotopic (exact) mass is 293 g/mol. The topological polar surface area (TPSA) is 47.8 Å². The summed E-state index contributed by atoms with van der Waals surface area (Å²) in [4.78, 5) is 11.1. The van der Waals surface area contributed by atoms with Gasteiger partial charge in [-0.05, 0) is 35.9 Å². The van der Waals surface area contributed by atoms with Gasteiger partial charge in [0.05, 0.1) is 11.4 Å². The number of para-hydroxylation sites is 1. The predicted octanol–water partition coefficient (Wildman–Crippen LogP) is 3.39. The largest absolute Gasteiger partial charge is 0.296 e. The Balaban J connectivity index is 2.00. The van der Waals surface area contributed by atoms with E-state index >= 15 is 0 Å². The van der Waals surface area contributed by atoms with Crippen molar-refractivity contribution in [3.63, 3.8) is 0 Å². The van der Waals surface area contributed by atoms with Gasteiger partial charge in [0.2, 0.25) is 0 Å². The molecule has 0 atom stereocenters. The van der Waals surface area contributed by atoms with Crippen LogP contribution in [0.25, 0.3) is 17.8 Å². The van der Waals surface area contributed by atoms with Crippen molar-refractivity contribution < 1.29 is 9.18 Å². The number of carbonyl (C=O) groups is 1. The maximum atomic E-state index is 12.9. The van der Waals surface area contributed by atoms with Crippen LogP contribution in [0, 0.1) is 5.82 Å². The Morgan fingerprint density at radius 1 is 0.955 bits per heavy atom. The van der Waals surface area contributed by atoms with Gasteiger partial charge in [0.1, 0.15) is 5.82 Å². The lowest BCUT2D eigenvalue weighted by Crippen LogP contribution is -1.99. The van der Waals surface area contributed by atoms with Crippen LogP contribution in [0.3, 0.4) is 0 Å². The van der Waals surface area contributed by atoms with Crippen LogP contribution in [-0.4, -0.2) is 21.3 Å². The normalized spacial score (nSPS) is 11.0. The van der Waals surface area contributed by atoms with Crippen LogP contribution < -0.4 is 0 Å². The van der Waals surface area contributed by atoms with E-state index in [9.17, 15) is 9.18 Å². The van der Waals surface area contributed by atoms with E-state index < -0.39 is 0 Å². The fourth-order valence-corrected chi connectivity index (χ4v) is 2.05. The summed E-state index contributed by atoms with van der Waals surface area (Å²) in [6.45, 7) is 0. The second-order valence-corrected chi connectivity index (χ2v) is 4.61. The van der Waals surface area contributed by atoms with E-state index in [1.165, 1.54) is 12.1 Å². The highest BCUT2D eigenvalue weighted by atomic mass is 19.1. The van der Waals surface area contributed by atoms with Gasteiger partial charge in [-0.15, -0.1) is 5.10 Å². The second-order valence-electron chi connectivity index (χ2n) is 4.61. The molecule has 3 rings (SSSR count). The Labute approximate surface area is 126 Å². The van der Waals surface area contributed by atoms with E-state index in [4.69, 9.17) is 0 Å². The average molecular weight is 293 g/mol. The van der Waals surface area contributed by atoms with E-state index in [0.29, 0.717) is 12.0 Å². The number of halogens is 1. The lowest BCUT2D eigenvalue weighted by Gasteiger charge is -2.02. The molecular weight excluding hydrogens is 281 g/mol. The third-order valence-corrected chi connectivity index (χ3v) is 3.15. The maximum absolute atomic E-state index is 12.9. The summed E-state index contributed by atoms with van der Waals surface area (Å²) in [7, 11) is 0. The van der Waals surface area contributed by atoms with Crippen LogP contribution in [0.15, 0.2) is 54.6 Å². The molecule has 108 valence electrons. The number of carbonyl (C=O) groups excluding carboxylic acids is 1. The van der Waals surface area contributed by atoms with Crippen molar-refractivity contribution in [2.75, 3.05) is 0 Å². The van der Waals surface area contributed by atoms with Gasteiger partial charge < -0.3 is 0 Å². The summed E-state index contributed by atoms with van der Waals surface area (Å²) in [5.41, 5.74) is 2.45. The Kier molecular flexibility index (Phi) is 3.87. The molecule has 0 saturated heterocycles. The van der Waals surface area contributed by atoms with E-state index in [2.05, 4.69) is 10.3 Å². The molecule has 0 aliphatic rings. The van der Waals surface area contributed by atoms with Crippen LogP contribution >= 0.6 is 0 Å². The van der Waals surface area contributed by atoms with Crippen LogP contribution in [0.2, 0.25) is 0 Å². The number of aldehydes is 1. The molecule has 1 aromatic heterocycles. The van der Waals surface area contributed by atoms with Gasteiger partial charge in [0, 0.05) is 0 Å². The van der Waals surface area contributed by atoms with Gasteiger partial charge in [-0.1, -0.05) is 41.6 Å². The molecule has 0 amide bonds. The van der Waals surface area contributed by atoms with Gasteiger partial charge in [0.25, 0.3) is 0 Å². The zero-order valence-electron chi connectivity index (χ0n) is 11.6. The van der Waals surface area contributed by atoms with Crippen molar-refractivity contribution in [3.05, 3.63) is 77.4 Å². The first-order chi connectivity index (χ1) is 10.8. The van der Waals surface area contributed by atoms with E-state index in [-0.39, 0.29) is 11.5 Å². The molecule has 4 nitrogen and oxygen atoms in total. The van der Waals surface area contributed by atoms with Gasteiger partial charge in [-0.3, -0.25) is 4.79 Å². The highest BCUT2D eigenvalue weighted by Gasteiger charge is 2.10. The number of rotatable bonds is 4. The molecule has 0 radical (unpaired) electrons. The Hall–Kier alpha value is -3.08. The Morgan fingerprint density at radius 2 is 1.68 bits per heavy atom. The molecular formula is C17H12FN3O. The Morgan fingerprint density at radius 3 is 2.36 bits per heavy atom. The standard InChI is InChI=1S/C17H12FN3O/c18-14-9-6-13(7-10-14)8-11-17-16(12-22)19-20-21(17)15-4-2-1-3-5-15/h1-12H/b11-8+. The number of aromatic nitrogens is 3. The molecule has 0 N–H and O–H groups in total. The molecule has 0 fully saturated rings. The Bertz CT molecular complexity index is 808. The minimum atomic E-state index is -0.290. The lowest BCUT2D eigenvalue weighted by atomic mass is 10.2. The van der Waals surface area contributed by atoms with Crippen molar-refractivity contribution in [2.45, 2.75) is 0 Å². The SMILES string of the molecule is O=Cc1nnn(-c2ccccc2)c1/C=C/c1ccc(F)cc1. The van der Waals surface area contributed by atoms with Crippen LogP contribution in [0.5, 0.6) is 0 Å². The van der Waals surface area contributed by atoms with Crippen LogP contribution in [0.4, 0.5) is 4.39 Å². The number of benzene rings is 2. The first kappa shape index (κ1) is 13.9. The fourth-order valence-electron chi connectivity index (χ4n) is 2.05. The third-order valence-electron chi connectivity index (χ3n) is 3.15. The van der Waals surface area contributed by atoms with Crippen molar-refractivity contribution in [3.8, 4) is 5.69 Å². The first-order valence-electron chi connectivity index (χ1n) is 6.68. The summed E-state index contributed by atoms with van der Waals surface area (Å²) in [5, 5.41) is 7.88. The summed E-state index contributed by atoms with van der Waals surface area (Å²) in [6, 6.07) is 15.5. The highest BCUT2D eigenvalue weighted by Crippen LogP contribution is 2.15. The highest BCUT2D eigenvalue weighted by molar-refractivity contribution is 5.81. The molecule has 0 bridgehead atoms. The summed E-state index contributed by atoms with van der Waals surface area (Å²) in [6.07, 6.45) is 4.19. The van der Waals surface area contributed by atoms with Gasteiger partial charge >= 0.3 is 0 Å². The van der Waals surface area contributed by atoms with Crippen LogP contribution in [-0.2, 0) is 0 Å². The quantitative estimate of drug-likeness (QED) is 0.693. The lowest BCUT2D eigenvalue weighted by molar-refractivity contribution is 0.111. The summed E-state index contributed by atoms with van der Waals surface area (Å²) in [5.74, 6) is -0.290. The maximum Gasteiger partial charge on any atom is 0.172 e. The van der Waals surface area contributed by atoms with Crippen molar-refractivity contribution >= 4 is 18.4 Å². The first-order valence-corrected chi connectivity index (χ1v) is 6.68. The fraction of sp³-hybridized carbons (Fsp3) is 0. The number of hydrogen-bond donors (Lipinski definition) is 0. The minimum absolute atomic E-state index is 0.252. The van der Waals surface area contributed by atoms with Gasteiger partial charge in [-0.2, -0.15) is 0 Å². The van der Waals surface area contributed by atoms with E-state index in [1.807, 2.05) is 30.3 Å². The van der Waals surface area contributed by atoms with Crippen molar-refractivity contribution in [2.24, 2.45) is 0 Å². The average Bonchev–Trinajstić information content (AvgIpc) is 2.98. The molecule has 2 aromatic carbocycles. The molecule has 0 unspecified atom stereocenters. The predicted molar refractivity (Wildman–Crippen MR) is 82.1 cm³/mol. The van der Waals surface area contributed by atoms with E-state index in [0.717, 1.165) is 11.3 Å². The zero-order chi connectivity index (χ0) is 15.4. The smallest absolute Gasteiger partial charge is 0.172 e. The van der Waals surface area contributed by atoms with Gasteiger partial charge in [-0.25, -0.2) is 9.07 Å². The van der Waals surface area contributed by atoms with Crippen molar-refractivity contribution in [1.82, 2.24) is 15.0 Å². The minimum Gasteiger partial charge on any atom is -0.296 e. The van der Waals surface area contributed by atoms with Gasteiger partial charge in [0.15, 0.2) is 12.0 Å². The molecule has 0 saturated carbocycles. The molecule has 0 aliphatic carbocycles. The van der Waals surface area contributed by atoms with Crippen molar-refractivity contribution in [1.29, 1.82) is 0 Å². The number of nitrogens with zero attached hydrogens (tertiary/aromatic N) is 3. The third kappa shape index (κ3) is 2.83. The van der Waals surface area contributed by atoms with E-state index in [1.54, 1.807) is 29.0 Å². The summed E-state index contributed by atoms with van der Waals surface area (Å²) < 4.78 is 14.5. The second kappa shape index (κ2) is 6.13. The summed E-state index contributed by atoms with van der Waals surface area (Å²) >= 11 is 0. The molecule has 22 heavy (non-hydrogen) atoms. The molecule has 0 spiro atoms.